The van der Waals surface area contributed by atoms with E-state index in [2.05, 4.69) is 25.4 Å². The molecule has 25 heavy (non-hydrogen) atoms. The highest BCUT2D eigenvalue weighted by Crippen LogP contribution is 2.30. The Hall–Kier alpha value is -3.61. The molecule has 120 valence electrons. The monoisotopic (exact) mass is 327 g/mol. The first-order valence-electron chi connectivity index (χ1n) is 7.89. The van der Waals surface area contributed by atoms with Crippen molar-refractivity contribution in [1.29, 1.82) is 0 Å². The Kier molecular flexibility index (Phi) is 3.03. The van der Waals surface area contributed by atoms with Crippen molar-refractivity contribution in [2.24, 2.45) is 0 Å². The van der Waals surface area contributed by atoms with E-state index in [0.717, 1.165) is 38.7 Å². The van der Waals surface area contributed by atoms with E-state index >= 15 is 0 Å². The lowest BCUT2D eigenvalue weighted by Crippen LogP contribution is -2.02. The van der Waals surface area contributed by atoms with E-state index in [1.807, 2.05) is 36.7 Å². The van der Waals surface area contributed by atoms with Crippen LogP contribution >= 0.6 is 0 Å². The summed E-state index contributed by atoms with van der Waals surface area (Å²) in [4.78, 5) is 17.3. The maximum absolute atomic E-state index is 4.82. The molecule has 1 N–H and O–H groups in total. The maximum atomic E-state index is 4.82. The third-order valence-corrected chi connectivity index (χ3v) is 4.15. The summed E-state index contributed by atoms with van der Waals surface area (Å²) in [6.45, 7) is 0.636. The minimum Gasteiger partial charge on any atom is -0.365 e. The number of nitrogens with one attached hydrogen (secondary N) is 1. The maximum Gasteiger partial charge on any atom is 0.136 e. The average molecular weight is 327 g/mol. The molecule has 0 radical (unpaired) electrons. The van der Waals surface area contributed by atoms with Gasteiger partial charge in [-0.2, -0.15) is 5.10 Å². The van der Waals surface area contributed by atoms with Crippen LogP contribution in [0.4, 0.5) is 5.82 Å². The van der Waals surface area contributed by atoms with Crippen molar-refractivity contribution < 1.29 is 0 Å². The number of hydrogen-bond acceptors (Lipinski definition) is 6. The highest BCUT2D eigenvalue weighted by molar-refractivity contribution is 6.11. The van der Waals surface area contributed by atoms with Crippen LogP contribution in [0, 0.1) is 0 Å². The number of fused-ring (bicyclic) bond motifs is 5. The van der Waals surface area contributed by atoms with Crippen molar-refractivity contribution in [2.75, 3.05) is 5.32 Å². The van der Waals surface area contributed by atoms with Crippen molar-refractivity contribution in [3.8, 4) is 0 Å². The van der Waals surface area contributed by atoms with Crippen LogP contribution in [0.2, 0.25) is 0 Å². The molecule has 0 aliphatic heterocycles. The molecule has 5 aromatic heterocycles. The van der Waals surface area contributed by atoms with Crippen LogP contribution in [0.3, 0.4) is 0 Å². The topological polar surface area (TPSA) is 80.9 Å². The Morgan fingerprint density at radius 1 is 0.880 bits per heavy atom. The first-order chi connectivity index (χ1) is 12.4. The van der Waals surface area contributed by atoms with Crippen LogP contribution in [-0.4, -0.2) is 29.5 Å². The molecule has 5 aromatic rings. The summed E-state index contributed by atoms with van der Waals surface area (Å²) < 4.78 is 1.75. The van der Waals surface area contributed by atoms with Crippen molar-refractivity contribution in [3.63, 3.8) is 0 Å². The smallest absolute Gasteiger partial charge is 0.136 e. The summed E-state index contributed by atoms with van der Waals surface area (Å²) in [5.74, 6) is 0.783. The second-order valence-electron chi connectivity index (χ2n) is 5.70. The quantitative estimate of drug-likeness (QED) is 0.549. The SMILES string of the molecule is c1cncc(CNc2nc3c(nn4cnccc34)c3ccncc23)c1. The lowest BCUT2D eigenvalue weighted by Gasteiger charge is -2.09. The zero-order chi connectivity index (χ0) is 16.6. The normalized spacial score (nSPS) is 11.4. The molecule has 7 heteroatoms. The molecule has 0 saturated heterocycles. The fourth-order valence-corrected chi connectivity index (χ4v) is 2.97. The lowest BCUT2D eigenvalue weighted by atomic mass is 10.1. The van der Waals surface area contributed by atoms with Crippen molar-refractivity contribution >= 4 is 33.1 Å². The van der Waals surface area contributed by atoms with Gasteiger partial charge in [0.25, 0.3) is 0 Å². The van der Waals surface area contributed by atoms with Gasteiger partial charge < -0.3 is 5.32 Å². The molecule has 0 spiro atoms. The van der Waals surface area contributed by atoms with E-state index in [9.17, 15) is 0 Å². The average Bonchev–Trinajstić information content (AvgIpc) is 3.06. The first kappa shape index (κ1) is 13.8. The molecule has 0 saturated carbocycles. The van der Waals surface area contributed by atoms with Gasteiger partial charge >= 0.3 is 0 Å². The molecule has 0 aliphatic rings. The summed E-state index contributed by atoms with van der Waals surface area (Å²) in [5.41, 5.74) is 3.70. The standard InChI is InChI=1S/C18H13N7/c1-2-12(8-19-5-1)9-22-18-14-10-20-6-3-13(14)16-17(23-18)15-4-7-21-11-25(15)24-16/h1-8,10-11H,9H2,(H,22,23). The number of anilines is 1. The first-order valence-corrected chi connectivity index (χ1v) is 7.89. The molecular formula is C18H13N7. The molecule has 7 nitrogen and oxygen atoms in total. The fourth-order valence-electron chi connectivity index (χ4n) is 2.97. The van der Waals surface area contributed by atoms with Crippen LogP contribution in [0.15, 0.2) is 61.6 Å². The Balaban J connectivity index is 1.72. The third kappa shape index (κ3) is 2.25. The minimum absolute atomic E-state index is 0.636. The van der Waals surface area contributed by atoms with E-state index < -0.39 is 0 Å². The van der Waals surface area contributed by atoms with E-state index in [1.165, 1.54) is 0 Å². The second-order valence-corrected chi connectivity index (χ2v) is 5.70. The van der Waals surface area contributed by atoms with Crippen molar-refractivity contribution in [3.05, 3.63) is 67.1 Å². The number of nitrogens with zero attached hydrogens (tertiary/aromatic N) is 6. The minimum atomic E-state index is 0.636. The molecule has 5 rings (SSSR count). The van der Waals surface area contributed by atoms with Crippen LogP contribution in [-0.2, 0) is 6.54 Å². The van der Waals surface area contributed by atoms with Crippen molar-refractivity contribution in [1.82, 2.24) is 29.5 Å². The summed E-state index contributed by atoms with van der Waals surface area (Å²) in [5, 5.41) is 9.99. The number of hydrogen-bond donors (Lipinski definition) is 1. The van der Waals surface area contributed by atoms with E-state index in [4.69, 9.17) is 4.98 Å². The lowest BCUT2D eigenvalue weighted by molar-refractivity contribution is 0.939. The highest BCUT2D eigenvalue weighted by atomic mass is 15.2. The van der Waals surface area contributed by atoms with Gasteiger partial charge in [-0.15, -0.1) is 0 Å². The number of pyridine rings is 3. The van der Waals surface area contributed by atoms with Gasteiger partial charge in [0, 0.05) is 48.3 Å². The Morgan fingerprint density at radius 3 is 2.72 bits per heavy atom. The molecule has 0 fully saturated rings. The Labute approximate surface area is 142 Å². The molecule has 0 unspecified atom stereocenters. The molecule has 0 atom stereocenters. The fraction of sp³-hybridized carbons (Fsp3) is 0.0556. The van der Waals surface area contributed by atoms with Gasteiger partial charge in [0.2, 0.25) is 0 Å². The van der Waals surface area contributed by atoms with Crippen LogP contribution in [0.5, 0.6) is 0 Å². The van der Waals surface area contributed by atoms with Crippen LogP contribution < -0.4 is 5.32 Å². The second kappa shape index (κ2) is 5.48. The highest BCUT2D eigenvalue weighted by Gasteiger charge is 2.14. The molecule has 5 heterocycles. The summed E-state index contributed by atoms with van der Waals surface area (Å²) in [7, 11) is 0. The predicted octanol–water partition coefficient (Wildman–Crippen LogP) is 2.83. The van der Waals surface area contributed by atoms with Crippen LogP contribution in [0.1, 0.15) is 5.56 Å². The third-order valence-electron chi connectivity index (χ3n) is 4.15. The Morgan fingerprint density at radius 2 is 1.80 bits per heavy atom. The van der Waals surface area contributed by atoms with Gasteiger partial charge in [0.1, 0.15) is 23.2 Å². The molecular weight excluding hydrogens is 314 g/mol. The number of rotatable bonds is 3. The van der Waals surface area contributed by atoms with Gasteiger partial charge in [-0.25, -0.2) is 14.5 Å². The molecule has 0 amide bonds. The summed E-state index contributed by atoms with van der Waals surface area (Å²) in [6.07, 6.45) is 10.6. The summed E-state index contributed by atoms with van der Waals surface area (Å²) >= 11 is 0. The van der Waals surface area contributed by atoms with Gasteiger partial charge in [0.05, 0.1) is 5.52 Å². The number of aromatic nitrogens is 6. The van der Waals surface area contributed by atoms with Crippen LogP contribution in [0.25, 0.3) is 27.3 Å². The largest absolute Gasteiger partial charge is 0.365 e. The van der Waals surface area contributed by atoms with Gasteiger partial charge in [0.15, 0.2) is 0 Å². The van der Waals surface area contributed by atoms with Gasteiger partial charge in [-0.3, -0.25) is 9.97 Å². The summed E-state index contributed by atoms with van der Waals surface area (Å²) in [6, 6.07) is 7.83. The van der Waals surface area contributed by atoms with Crippen molar-refractivity contribution in [2.45, 2.75) is 6.54 Å². The zero-order valence-corrected chi connectivity index (χ0v) is 13.2. The van der Waals surface area contributed by atoms with Gasteiger partial charge in [-0.1, -0.05) is 6.07 Å². The molecule has 0 bridgehead atoms. The molecule has 0 aliphatic carbocycles. The molecule has 0 aromatic carbocycles. The van der Waals surface area contributed by atoms with E-state index in [-0.39, 0.29) is 0 Å². The van der Waals surface area contributed by atoms with E-state index in [1.54, 1.807) is 29.4 Å². The van der Waals surface area contributed by atoms with Gasteiger partial charge in [-0.05, 0) is 23.8 Å². The zero-order valence-electron chi connectivity index (χ0n) is 13.2. The van der Waals surface area contributed by atoms with E-state index in [0.29, 0.717) is 6.54 Å². The predicted molar refractivity (Wildman–Crippen MR) is 95.2 cm³/mol. The Bertz CT molecular complexity index is 1200.